The Morgan fingerprint density at radius 2 is 2.26 bits per heavy atom. The molecule has 7 nitrogen and oxygen atoms in total. The third kappa shape index (κ3) is 2.20. The molecule has 2 rings (SSSR count). The van der Waals surface area contributed by atoms with Gasteiger partial charge >= 0.3 is 5.69 Å². The van der Waals surface area contributed by atoms with E-state index in [4.69, 9.17) is 21.4 Å². The number of nitrogens with zero attached hydrogens (tertiary/aromatic N) is 1. The summed E-state index contributed by atoms with van der Waals surface area (Å²) in [4.78, 5) is 24.8. The van der Waals surface area contributed by atoms with E-state index in [9.17, 15) is 19.1 Å². The van der Waals surface area contributed by atoms with Gasteiger partial charge in [-0.3, -0.25) is 14.3 Å². The Labute approximate surface area is 111 Å². The van der Waals surface area contributed by atoms with Gasteiger partial charge in [0.25, 0.3) is 10.7 Å². The van der Waals surface area contributed by atoms with Gasteiger partial charge in [-0.05, 0) is 6.92 Å². The number of aliphatic hydroxyl groups is 2. The first kappa shape index (κ1) is 14.2. The molecule has 1 aliphatic rings. The number of ether oxygens (including phenoxy) is 1. The molecule has 0 amide bonds. The van der Waals surface area contributed by atoms with Crippen LogP contribution in [0.25, 0.3) is 0 Å². The molecule has 1 fully saturated rings. The van der Waals surface area contributed by atoms with Gasteiger partial charge in [0.1, 0.15) is 12.2 Å². The fourth-order valence-corrected chi connectivity index (χ4v) is 2.18. The quantitative estimate of drug-likeness (QED) is 0.607. The highest BCUT2D eigenvalue weighted by Gasteiger charge is 2.57. The minimum atomic E-state index is -2.79. The van der Waals surface area contributed by atoms with E-state index < -0.39 is 41.4 Å². The second-order valence-corrected chi connectivity index (χ2v) is 4.89. The molecule has 0 spiro atoms. The molecule has 1 aliphatic heterocycles. The van der Waals surface area contributed by atoms with Crippen LogP contribution < -0.4 is 11.2 Å². The zero-order chi connectivity index (χ0) is 14.4. The van der Waals surface area contributed by atoms with Gasteiger partial charge in [-0.15, -0.1) is 0 Å². The van der Waals surface area contributed by atoms with E-state index in [0.717, 1.165) is 10.8 Å². The second kappa shape index (κ2) is 4.71. The van der Waals surface area contributed by atoms with E-state index >= 15 is 0 Å². The molecule has 2 heterocycles. The molecule has 0 aliphatic carbocycles. The van der Waals surface area contributed by atoms with Crippen molar-refractivity contribution in [1.29, 1.82) is 0 Å². The average Bonchev–Trinajstić information content (AvgIpc) is 2.56. The van der Waals surface area contributed by atoms with Gasteiger partial charge in [0.15, 0.2) is 6.23 Å². The van der Waals surface area contributed by atoms with Crippen LogP contribution in [-0.2, 0) is 4.74 Å². The lowest BCUT2D eigenvalue weighted by molar-refractivity contribution is -0.0518. The Morgan fingerprint density at radius 3 is 2.79 bits per heavy atom. The van der Waals surface area contributed by atoms with E-state index in [1.165, 1.54) is 6.92 Å². The molecule has 0 radical (unpaired) electrons. The van der Waals surface area contributed by atoms with E-state index in [1.54, 1.807) is 0 Å². The maximum atomic E-state index is 14.2. The fraction of sp³-hybridized carbons (Fsp3) is 0.600. The zero-order valence-corrected chi connectivity index (χ0v) is 10.6. The summed E-state index contributed by atoms with van der Waals surface area (Å²) in [5.74, 6) is 0. The monoisotopic (exact) mass is 294 g/mol. The minimum Gasteiger partial charge on any atom is -0.394 e. The van der Waals surface area contributed by atoms with Gasteiger partial charge in [-0.2, -0.15) is 0 Å². The Kier molecular flexibility index (Phi) is 3.52. The van der Waals surface area contributed by atoms with Gasteiger partial charge in [0.2, 0.25) is 0 Å². The highest BCUT2D eigenvalue weighted by atomic mass is 35.5. The number of aromatic amines is 1. The van der Waals surface area contributed by atoms with E-state index in [-0.39, 0.29) is 5.56 Å². The van der Waals surface area contributed by atoms with Crippen LogP contribution >= 0.6 is 11.6 Å². The number of nitrogens with one attached hydrogen (secondary N) is 1. The summed E-state index contributed by atoms with van der Waals surface area (Å²) in [7, 11) is 0. The predicted molar refractivity (Wildman–Crippen MR) is 62.8 cm³/mol. The van der Waals surface area contributed by atoms with Crippen LogP contribution in [0.2, 0.25) is 0 Å². The first-order valence-corrected chi connectivity index (χ1v) is 5.81. The first-order valence-electron chi connectivity index (χ1n) is 5.43. The average molecular weight is 295 g/mol. The van der Waals surface area contributed by atoms with Crippen LogP contribution in [0.15, 0.2) is 15.8 Å². The second-order valence-electron chi connectivity index (χ2n) is 4.31. The molecular formula is C10H12ClFN2O5. The molecule has 0 bridgehead atoms. The Balaban J connectivity index is 2.51. The highest BCUT2D eigenvalue weighted by molar-refractivity contribution is 6.23. The Morgan fingerprint density at radius 1 is 1.63 bits per heavy atom. The molecule has 0 saturated carbocycles. The maximum absolute atomic E-state index is 14.2. The van der Waals surface area contributed by atoms with Crippen molar-refractivity contribution in [3.8, 4) is 0 Å². The number of H-pyrrole nitrogens is 1. The molecule has 1 saturated heterocycles. The van der Waals surface area contributed by atoms with E-state index in [1.807, 2.05) is 4.98 Å². The first-order chi connectivity index (χ1) is 8.78. The summed E-state index contributed by atoms with van der Waals surface area (Å²) in [6, 6.07) is 0. The number of aromatic nitrogens is 2. The molecule has 3 N–H and O–H groups in total. The Hall–Kier alpha value is -1.22. The van der Waals surface area contributed by atoms with Gasteiger partial charge < -0.3 is 14.9 Å². The van der Waals surface area contributed by atoms with E-state index in [2.05, 4.69) is 0 Å². The predicted octanol–water partition coefficient (Wildman–Crippen LogP) is -1.000. The zero-order valence-electron chi connectivity index (χ0n) is 9.84. The molecule has 0 aromatic carbocycles. The highest BCUT2D eigenvalue weighted by Crippen LogP contribution is 2.43. The molecule has 1 aromatic rings. The minimum absolute atomic E-state index is 0.151. The van der Waals surface area contributed by atoms with Gasteiger partial charge in [-0.1, -0.05) is 11.6 Å². The standard InChI is InChI=1S/C10H12ClFN2O5/c1-4-2-14(9(18)13-7(4)17)8-10(11,12)6(16)5(3-15)19-8/h2,5-6,8,15-16H,3H2,1H3,(H,13,17,18). The van der Waals surface area contributed by atoms with Crippen molar-refractivity contribution in [2.24, 2.45) is 0 Å². The van der Waals surface area contributed by atoms with Crippen molar-refractivity contribution in [2.45, 2.75) is 30.5 Å². The van der Waals surface area contributed by atoms with Crippen molar-refractivity contribution in [1.82, 2.24) is 9.55 Å². The van der Waals surface area contributed by atoms with Crippen LogP contribution in [0, 0.1) is 6.92 Å². The lowest BCUT2D eigenvalue weighted by Gasteiger charge is -2.22. The molecule has 9 heteroatoms. The largest absolute Gasteiger partial charge is 0.394 e. The fourth-order valence-electron chi connectivity index (χ4n) is 1.88. The Bertz CT molecular complexity index is 598. The SMILES string of the molecule is Cc1cn(C2OC(CO)C(O)C2(F)Cl)c(=O)[nH]c1=O. The lowest BCUT2D eigenvalue weighted by Crippen LogP contribution is -2.42. The molecule has 19 heavy (non-hydrogen) atoms. The third-order valence-electron chi connectivity index (χ3n) is 2.96. The van der Waals surface area contributed by atoms with Crippen molar-refractivity contribution in [2.75, 3.05) is 6.61 Å². The maximum Gasteiger partial charge on any atom is 0.330 e. The number of alkyl halides is 2. The number of aryl methyl sites for hydroxylation is 1. The van der Waals surface area contributed by atoms with Crippen molar-refractivity contribution >= 4 is 11.6 Å². The van der Waals surface area contributed by atoms with Crippen molar-refractivity contribution < 1.29 is 19.3 Å². The summed E-state index contributed by atoms with van der Waals surface area (Å²) < 4.78 is 20.0. The van der Waals surface area contributed by atoms with Crippen LogP contribution in [0.1, 0.15) is 11.8 Å². The van der Waals surface area contributed by atoms with E-state index in [0.29, 0.717) is 0 Å². The van der Waals surface area contributed by atoms with Gasteiger partial charge in [0, 0.05) is 11.8 Å². The number of hydrogen-bond donors (Lipinski definition) is 3. The molecule has 4 atom stereocenters. The number of hydrogen-bond acceptors (Lipinski definition) is 5. The third-order valence-corrected chi connectivity index (χ3v) is 3.37. The lowest BCUT2D eigenvalue weighted by atomic mass is 10.1. The smallest absolute Gasteiger partial charge is 0.330 e. The molecule has 1 aromatic heterocycles. The number of rotatable bonds is 2. The molecule has 106 valence electrons. The normalized spacial score (nSPS) is 34.7. The van der Waals surface area contributed by atoms with Crippen LogP contribution in [-0.4, -0.2) is 43.7 Å². The van der Waals surface area contributed by atoms with Crippen LogP contribution in [0.5, 0.6) is 0 Å². The van der Waals surface area contributed by atoms with Crippen molar-refractivity contribution in [3.05, 3.63) is 32.6 Å². The van der Waals surface area contributed by atoms with Gasteiger partial charge in [0.05, 0.1) is 6.61 Å². The summed E-state index contributed by atoms with van der Waals surface area (Å²) in [6.07, 6.45) is -3.63. The van der Waals surface area contributed by atoms with Crippen LogP contribution in [0.4, 0.5) is 4.39 Å². The topological polar surface area (TPSA) is 105 Å². The summed E-state index contributed by atoms with van der Waals surface area (Å²) in [5.41, 5.74) is -1.38. The number of aliphatic hydroxyl groups excluding tert-OH is 2. The molecular weight excluding hydrogens is 283 g/mol. The summed E-state index contributed by atoms with van der Waals surface area (Å²) in [5, 5.41) is 15.7. The van der Waals surface area contributed by atoms with Crippen molar-refractivity contribution in [3.63, 3.8) is 0 Å². The molecule has 4 unspecified atom stereocenters. The summed E-state index contributed by atoms with van der Waals surface area (Å²) >= 11 is 5.55. The number of halogens is 2. The van der Waals surface area contributed by atoms with Gasteiger partial charge in [-0.25, -0.2) is 9.18 Å². The summed E-state index contributed by atoms with van der Waals surface area (Å²) in [6.45, 7) is 0.755. The van der Waals surface area contributed by atoms with Crippen LogP contribution in [0.3, 0.4) is 0 Å².